The molecule has 1 aromatic heterocycles. The number of nitrogens with zero attached hydrogens (tertiary/aromatic N) is 3. The maximum atomic E-state index is 4.12. The molecule has 0 saturated carbocycles. The Balaban J connectivity index is 2.55. The van der Waals surface area contributed by atoms with Crippen LogP contribution in [0.15, 0.2) is 22.8 Å². The molecule has 3 nitrogen and oxygen atoms in total. The van der Waals surface area contributed by atoms with Crippen LogP contribution in [0.5, 0.6) is 0 Å². The fourth-order valence-corrected chi connectivity index (χ4v) is 2.78. The Hall–Kier alpha value is -0.680. The number of aryl methyl sites for hydroxylation is 2. The molecule has 0 aliphatic heterocycles. The lowest BCUT2D eigenvalue weighted by molar-refractivity contribution is 0.792. The van der Waals surface area contributed by atoms with Gasteiger partial charge >= 0.3 is 0 Å². The molecule has 2 aromatic rings. The fourth-order valence-electron chi connectivity index (χ4n) is 1.67. The zero-order valence-electron chi connectivity index (χ0n) is 9.04. The highest BCUT2D eigenvalue weighted by Gasteiger charge is 2.09. The van der Waals surface area contributed by atoms with Crippen LogP contribution in [0.25, 0.3) is 5.69 Å². The maximum Gasteiger partial charge on any atom is 0.0937 e. The van der Waals surface area contributed by atoms with Gasteiger partial charge in [0, 0.05) is 9.80 Å². The number of hydrogen-bond acceptors (Lipinski definition) is 2. The van der Waals surface area contributed by atoms with E-state index in [-0.39, 0.29) is 0 Å². The third-order valence-corrected chi connectivity index (χ3v) is 3.48. The summed E-state index contributed by atoms with van der Waals surface area (Å²) in [4.78, 5) is 0. The molecular formula is C11H11Br2N3. The summed E-state index contributed by atoms with van der Waals surface area (Å²) < 4.78 is 2.84. The molecule has 0 radical (unpaired) electrons. The van der Waals surface area contributed by atoms with Gasteiger partial charge in [0.1, 0.15) is 0 Å². The van der Waals surface area contributed by atoms with Crippen molar-refractivity contribution in [1.29, 1.82) is 0 Å². The van der Waals surface area contributed by atoms with Crippen LogP contribution in [0.4, 0.5) is 0 Å². The van der Waals surface area contributed by atoms with Crippen molar-refractivity contribution in [2.45, 2.75) is 19.2 Å². The van der Waals surface area contributed by atoms with Gasteiger partial charge in [-0.1, -0.05) is 27.2 Å². The highest BCUT2D eigenvalue weighted by atomic mass is 79.9. The van der Waals surface area contributed by atoms with Crippen LogP contribution in [0.1, 0.15) is 16.8 Å². The summed E-state index contributed by atoms with van der Waals surface area (Å²) in [6, 6.07) is 4.22. The van der Waals surface area contributed by atoms with Crippen LogP contribution in [-0.4, -0.2) is 15.0 Å². The zero-order chi connectivity index (χ0) is 11.7. The van der Waals surface area contributed by atoms with Gasteiger partial charge in [0.15, 0.2) is 0 Å². The topological polar surface area (TPSA) is 30.7 Å². The Labute approximate surface area is 111 Å². The predicted molar refractivity (Wildman–Crippen MR) is 71.2 cm³/mol. The normalized spacial score (nSPS) is 10.8. The summed E-state index contributed by atoms with van der Waals surface area (Å²) >= 11 is 6.93. The largest absolute Gasteiger partial charge is 0.219 e. The summed E-state index contributed by atoms with van der Waals surface area (Å²) in [5.41, 5.74) is 4.38. The zero-order valence-corrected chi connectivity index (χ0v) is 12.2. The molecule has 0 unspecified atom stereocenters. The standard InChI is InChI=1S/C11H11Br2N3/c1-7-3-8(2)11(10(13)4-7)16-6-9(5-12)14-15-16/h3-4,6H,5H2,1-2H3. The molecule has 0 saturated heterocycles. The first kappa shape index (κ1) is 11.8. The molecule has 1 aromatic carbocycles. The van der Waals surface area contributed by atoms with Crippen molar-refractivity contribution in [3.05, 3.63) is 39.6 Å². The van der Waals surface area contributed by atoms with E-state index in [2.05, 4.69) is 68.2 Å². The molecule has 0 aliphatic carbocycles. The van der Waals surface area contributed by atoms with Gasteiger partial charge in [0.25, 0.3) is 0 Å². The lowest BCUT2D eigenvalue weighted by Crippen LogP contribution is -1.99. The van der Waals surface area contributed by atoms with E-state index in [9.17, 15) is 0 Å². The SMILES string of the molecule is Cc1cc(C)c(-n2cc(CBr)nn2)c(Br)c1. The molecule has 5 heteroatoms. The fraction of sp³-hybridized carbons (Fsp3) is 0.273. The van der Waals surface area contributed by atoms with Gasteiger partial charge in [-0.05, 0) is 47.0 Å². The highest BCUT2D eigenvalue weighted by molar-refractivity contribution is 9.10. The number of hydrogen-bond donors (Lipinski definition) is 0. The molecule has 0 aliphatic rings. The molecule has 1 heterocycles. The first-order valence-electron chi connectivity index (χ1n) is 4.86. The van der Waals surface area contributed by atoms with E-state index < -0.39 is 0 Å². The Morgan fingerprint density at radius 1 is 1.31 bits per heavy atom. The Kier molecular flexibility index (Phi) is 3.44. The van der Waals surface area contributed by atoms with E-state index in [4.69, 9.17) is 0 Å². The monoisotopic (exact) mass is 343 g/mol. The van der Waals surface area contributed by atoms with Crippen molar-refractivity contribution in [3.63, 3.8) is 0 Å². The van der Waals surface area contributed by atoms with Crippen LogP contribution < -0.4 is 0 Å². The second kappa shape index (κ2) is 4.67. The van der Waals surface area contributed by atoms with Gasteiger partial charge in [-0.25, -0.2) is 4.68 Å². The summed E-state index contributed by atoms with van der Waals surface area (Å²) in [6.45, 7) is 4.15. The van der Waals surface area contributed by atoms with Gasteiger partial charge in [-0.3, -0.25) is 0 Å². The average Bonchev–Trinajstić information content (AvgIpc) is 2.64. The Morgan fingerprint density at radius 2 is 2.06 bits per heavy atom. The first-order valence-corrected chi connectivity index (χ1v) is 6.77. The molecule has 0 atom stereocenters. The average molecular weight is 345 g/mol. The van der Waals surface area contributed by atoms with Gasteiger partial charge in [0.05, 0.1) is 17.6 Å². The van der Waals surface area contributed by atoms with Crippen molar-refractivity contribution in [3.8, 4) is 5.69 Å². The van der Waals surface area contributed by atoms with Crippen molar-refractivity contribution in [2.24, 2.45) is 0 Å². The van der Waals surface area contributed by atoms with E-state index in [1.54, 1.807) is 4.68 Å². The van der Waals surface area contributed by atoms with E-state index in [1.165, 1.54) is 11.1 Å². The number of rotatable bonds is 2. The third-order valence-electron chi connectivity index (χ3n) is 2.31. The first-order chi connectivity index (χ1) is 7.61. The lowest BCUT2D eigenvalue weighted by Gasteiger charge is -2.08. The molecule has 0 fully saturated rings. The summed E-state index contributed by atoms with van der Waals surface area (Å²) in [7, 11) is 0. The van der Waals surface area contributed by atoms with E-state index in [0.29, 0.717) is 0 Å². The maximum absolute atomic E-state index is 4.12. The summed E-state index contributed by atoms with van der Waals surface area (Å²) in [5.74, 6) is 0. The molecular weight excluding hydrogens is 334 g/mol. The predicted octanol–water partition coefficient (Wildman–Crippen LogP) is 3.54. The smallest absolute Gasteiger partial charge is 0.0937 e. The lowest BCUT2D eigenvalue weighted by atomic mass is 10.1. The Morgan fingerprint density at radius 3 is 2.62 bits per heavy atom. The quantitative estimate of drug-likeness (QED) is 0.780. The van der Waals surface area contributed by atoms with Gasteiger partial charge in [0.2, 0.25) is 0 Å². The van der Waals surface area contributed by atoms with Crippen LogP contribution in [-0.2, 0) is 5.33 Å². The molecule has 0 amide bonds. The second-order valence-corrected chi connectivity index (χ2v) is 5.12. The van der Waals surface area contributed by atoms with Crippen LogP contribution >= 0.6 is 31.9 Å². The van der Waals surface area contributed by atoms with E-state index >= 15 is 0 Å². The summed E-state index contributed by atoms with van der Waals surface area (Å²) in [6.07, 6.45) is 1.93. The van der Waals surface area contributed by atoms with Gasteiger partial charge in [-0.15, -0.1) is 5.10 Å². The molecule has 84 valence electrons. The van der Waals surface area contributed by atoms with E-state index in [1.807, 2.05) is 6.20 Å². The number of aromatic nitrogens is 3. The summed E-state index contributed by atoms with van der Waals surface area (Å²) in [5, 5.41) is 8.89. The second-order valence-electron chi connectivity index (χ2n) is 3.70. The van der Waals surface area contributed by atoms with Gasteiger partial charge in [-0.2, -0.15) is 0 Å². The van der Waals surface area contributed by atoms with Crippen LogP contribution in [0.3, 0.4) is 0 Å². The molecule has 0 bridgehead atoms. The van der Waals surface area contributed by atoms with Crippen molar-refractivity contribution < 1.29 is 0 Å². The number of benzene rings is 1. The van der Waals surface area contributed by atoms with Crippen molar-refractivity contribution in [1.82, 2.24) is 15.0 Å². The molecule has 0 N–H and O–H groups in total. The molecule has 0 spiro atoms. The third kappa shape index (κ3) is 2.20. The molecule has 16 heavy (non-hydrogen) atoms. The number of halogens is 2. The van der Waals surface area contributed by atoms with Gasteiger partial charge < -0.3 is 0 Å². The van der Waals surface area contributed by atoms with Crippen LogP contribution in [0, 0.1) is 13.8 Å². The minimum absolute atomic E-state index is 0.718. The number of alkyl halides is 1. The highest BCUT2D eigenvalue weighted by Crippen LogP contribution is 2.25. The van der Waals surface area contributed by atoms with Crippen LogP contribution in [0.2, 0.25) is 0 Å². The van der Waals surface area contributed by atoms with E-state index in [0.717, 1.165) is 21.2 Å². The van der Waals surface area contributed by atoms with Crippen molar-refractivity contribution >= 4 is 31.9 Å². The van der Waals surface area contributed by atoms with Crippen molar-refractivity contribution in [2.75, 3.05) is 0 Å². The minimum Gasteiger partial charge on any atom is -0.219 e. The minimum atomic E-state index is 0.718. The Bertz CT molecular complexity index is 497. The molecule has 2 rings (SSSR count).